The first-order chi connectivity index (χ1) is 10.8. The van der Waals surface area contributed by atoms with Gasteiger partial charge in [-0.3, -0.25) is 11.3 Å². The van der Waals surface area contributed by atoms with Crippen LogP contribution >= 0.6 is 0 Å². The van der Waals surface area contributed by atoms with Crippen molar-refractivity contribution in [2.45, 2.75) is 45.3 Å². The average Bonchev–Trinajstić information content (AvgIpc) is 2.94. The van der Waals surface area contributed by atoms with E-state index in [1.807, 2.05) is 26.8 Å². The third-order valence-electron chi connectivity index (χ3n) is 4.06. The van der Waals surface area contributed by atoms with E-state index in [0.29, 0.717) is 25.1 Å². The summed E-state index contributed by atoms with van der Waals surface area (Å²) in [6, 6.07) is 6.61. The second kappa shape index (κ2) is 7.27. The maximum absolute atomic E-state index is 13.8. The molecule has 1 saturated heterocycles. The molecule has 1 aliphatic rings. The standard InChI is InChI=1S/C17H26FN3O2/c1-17(2,3)23-16(22)21-9-8-13(11-21)15(20-19)10-12-6-4-5-7-14(12)18/h4-7,13,15,20H,8-11,19H2,1-3H3. The van der Waals surface area contributed by atoms with E-state index >= 15 is 0 Å². The molecule has 1 aromatic rings. The largest absolute Gasteiger partial charge is 0.444 e. The summed E-state index contributed by atoms with van der Waals surface area (Å²) in [5.74, 6) is 5.61. The van der Waals surface area contributed by atoms with E-state index in [1.165, 1.54) is 6.07 Å². The number of benzene rings is 1. The number of nitrogens with one attached hydrogen (secondary N) is 1. The molecular weight excluding hydrogens is 297 g/mol. The van der Waals surface area contributed by atoms with Crippen molar-refractivity contribution in [1.82, 2.24) is 10.3 Å². The SMILES string of the molecule is CC(C)(C)OC(=O)N1CCC(C(Cc2ccccc2F)NN)C1. The topological polar surface area (TPSA) is 67.6 Å². The van der Waals surface area contributed by atoms with Gasteiger partial charge in [-0.25, -0.2) is 9.18 Å². The van der Waals surface area contributed by atoms with Crippen molar-refractivity contribution < 1.29 is 13.9 Å². The van der Waals surface area contributed by atoms with Crippen LogP contribution in [-0.2, 0) is 11.2 Å². The number of hydrazine groups is 1. The number of ether oxygens (including phenoxy) is 1. The number of amides is 1. The van der Waals surface area contributed by atoms with Crippen molar-refractivity contribution in [2.24, 2.45) is 11.8 Å². The van der Waals surface area contributed by atoms with Crippen LogP contribution in [0.5, 0.6) is 0 Å². The van der Waals surface area contributed by atoms with Gasteiger partial charge in [0.25, 0.3) is 0 Å². The molecule has 2 unspecified atom stereocenters. The summed E-state index contributed by atoms with van der Waals surface area (Å²) in [5.41, 5.74) is 2.91. The van der Waals surface area contributed by atoms with E-state index in [2.05, 4.69) is 5.43 Å². The summed E-state index contributed by atoms with van der Waals surface area (Å²) in [7, 11) is 0. The van der Waals surface area contributed by atoms with Gasteiger partial charge in [-0.1, -0.05) is 18.2 Å². The minimum Gasteiger partial charge on any atom is -0.444 e. The Morgan fingerprint density at radius 1 is 1.48 bits per heavy atom. The number of hydrogen-bond donors (Lipinski definition) is 2. The highest BCUT2D eigenvalue weighted by Crippen LogP contribution is 2.24. The lowest BCUT2D eigenvalue weighted by Gasteiger charge is -2.26. The van der Waals surface area contributed by atoms with E-state index in [4.69, 9.17) is 10.6 Å². The highest BCUT2D eigenvalue weighted by atomic mass is 19.1. The Hall–Kier alpha value is -1.66. The Labute approximate surface area is 137 Å². The molecule has 6 heteroatoms. The number of nitrogens with zero attached hydrogens (tertiary/aromatic N) is 1. The summed E-state index contributed by atoms with van der Waals surface area (Å²) in [6.07, 6.45) is 1.01. The molecule has 0 saturated carbocycles. The van der Waals surface area contributed by atoms with Crippen molar-refractivity contribution in [3.8, 4) is 0 Å². The summed E-state index contributed by atoms with van der Waals surface area (Å²) in [5, 5.41) is 0. The van der Waals surface area contributed by atoms with E-state index in [-0.39, 0.29) is 23.9 Å². The van der Waals surface area contributed by atoms with E-state index in [0.717, 1.165) is 6.42 Å². The van der Waals surface area contributed by atoms with Crippen LogP contribution < -0.4 is 11.3 Å². The normalized spacial score (nSPS) is 19.7. The molecule has 0 radical (unpaired) electrons. The Morgan fingerprint density at radius 3 is 2.78 bits per heavy atom. The predicted molar refractivity (Wildman–Crippen MR) is 87.1 cm³/mol. The number of likely N-dealkylation sites (tertiary alicyclic amines) is 1. The zero-order valence-corrected chi connectivity index (χ0v) is 14.0. The van der Waals surface area contributed by atoms with E-state index < -0.39 is 5.60 Å². The van der Waals surface area contributed by atoms with Gasteiger partial charge in [0, 0.05) is 19.1 Å². The fourth-order valence-corrected chi connectivity index (χ4v) is 2.87. The first-order valence-electron chi connectivity index (χ1n) is 7.97. The lowest BCUT2D eigenvalue weighted by Crippen LogP contribution is -2.44. The van der Waals surface area contributed by atoms with Gasteiger partial charge >= 0.3 is 6.09 Å². The van der Waals surface area contributed by atoms with Gasteiger partial charge in [0.15, 0.2) is 0 Å². The summed E-state index contributed by atoms with van der Waals surface area (Å²) < 4.78 is 19.2. The zero-order valence-electron chi connectivity index (χ0n) is 14.0. The van der Waals surface area contributed by atoms with Crippen molar-refractivity contribution in [3.63, 3.8) is 0 Å². The fraction of sp³-hybridized carbons (Fsp3) is 0.588. The van der Waals surface area contributed by atoms with Crippen LogP contribution in [0.1, 0.15) is 32.8 Å². The van der Waals surface area contributed by atoms with Gasteiger partial charge in [-0.05, 0) is 51.2 Å². The molecule has 0 bridgehead atoms. The predicted octanol–water partition coefficient (Wildman–Crippen LogP) is 2.46. The molecular formula is C17H26FN3O2. The van der Waals surface area contributed by atoms with Crippen LogP contribution in [0.25, 0.3) is 0 Å². The molecule has 1 heterocycles. The molecule has 128 valence electrons. The highest BCUT2D eigenvalue weighted by molar-refractivity contribution is 5.68. The third kappa shape index (κ3) is 4.91. The minimum absolute atomic E-state index is 0.0839. The summed E-state index contributed by atoms with van der Waals surface area (Å²) in [4.78, 5) is 13.8. The van der Waals surface area contributed by atoms with E-state index in [1.54, 1.807) is 17.0 Å². The van der Waals surface area contributed by atoms with Gasteiger partial charge in [-0.15, -0.1) is 0 Å². The molecule has 23 heavy (non-hydrogen) atoms. The lowest BCUT2D eigenvalue weighted by atomic mass is 9.93. The highest BCUT2D eigenvalue weighted by Gasteiger charge is 2.33. The molecule has 3 N–H and O–H groups in total. The third-order valence-corrected chi connectivity index (χ3v) is 4.06. The van der Waals surface area contributed by atoms with Crippen LogP contribution in [-0.4, -0.2) is 35.7 Å². The quantitative estimate of drug-likeness (QED) is 0.660. The van der Waals surface area contributed by atoms with Crippen molar-refractivity contribution in [3.05, 3.63) is 35.6 Å². The van der Waals surface area contributed by atoms with Crippen LogP contribution in [0.3, 0.4) is 0 Å². The summed E-state index contributed by atoms with van der Waals surface area (Å²) in [6.45, 7) is 6.75. The maximum atomic E-state index is 13.8. The monoisotopic (exact) mass is 323 g/mol. The van der Waals surface area contributed by atoms with Gasteiger partial charge in [0.05, 0.1) is 0 Å². The van der Waals surface area contributed by atoms with Crippen molar-refractivity contribution >= 4 is 6.09 Å². The number of nitrogens with two attached hydrogens (primary N) is 1. The molecule has 0 spiro atoms. The van der Waals surface area contributed by atoms with Crippen LogP contribution in [0.15, 0.2) is 24.3 Å². The Bertz CT molecular complexity index is 545. The van der Waals surface area contributed by atoms with Gasteiger partial charge in [0.2, 0.25) is 0 Å². The average molecular weight is 323 g/mol. The second-order valence-corrected chi connectivity index (χ2v) is 7.04. The molecule has 2 rings (SSSR count). The molecule has 5 nitrogen and oxygen atoms in total. The minimum atomic E-state index is -0.506. The van der Waals surface area contributed by atoms with Crippen LogP contribution in [0.2, 0.25) is 0 Å². The number of hydrogen-bond acceptors (Lipinski definition) is 4. The Morgan fingerprint density at radius 2 is 2.17 bits per heavy atom. The molecule has 1 aromatic carbocycles. The molecule has 1 fully saturated rings. The molecule has 1 aliphatic heterocycles. The van der Waals surface area contributed by atoms with Crippen LogP contribution in [0.4, 0.5) is 9.18 Å². The first kappa shape index (κ1) is 17.7. The van der Waals surface area contributed by atoms with Crippen LogP contribution in [0, 0.1) is 11.7 Å². The Balaban J connectivity index is 1.96. The molecule has 0 aromatic heterocycles. The maximum Gasteiger partial charge on any atom is 0.410 e. The smallest absolute Gasteiger partial charge is 0.410 e. The van der Waals surface area contributed by atoms with E-state index in [9.17, 15) is 9.18 Å². The summed E-state index contributed by atoms with van der Waals surface area (Å²) >= 11 is 0. The molecule has 0 aliphatic carbocycles. The van der Waals surface area contributed by atoms with Crippen molar-refractivity contribution in [2.75, 3.05) is 13.1 Å². The number of carbonyl (C=O) groups is 1. The van der Waals surface area contributed by atoms with Gasteiger partial charge < -0.3 is 9.64 Å². The molecule has 2 atom stereocenters. The number of rotatable bonds is 4. The van der Waals surface area contributed by atoms with Crippen molar-refractivity contribution in [1.29, 1.82) is 0 Å². The fourth-order valence-electron chi connectivity index (χ4n) is 2.87. The number of carbonyl (C=O) groups excluding carboxylic acids is 1. The lowest BCUT2D eigenvalue weighted by molar-refractivity contribution is 0.0285. The van der Waals surface area contributed by atoms with Gasteiger partial charge in [0.1, 0.15) is 11.4 Å². The first-order valence-corrected chi connectivity index (χ1v) is 7.97. The Kier molecular flexibility index (Phi) is 5.59. The molecule has 1 amide bonds. The zero-order chi connectivity index (χ0) is 17.0. The van der Waals surface area contributed by atoms with Gasteiger partial charge in [-0.2, -0.15) is 0 Å². The second-order valence-electron chi connectivity index (χ2n) is 7.04. The number of halogens is 1.